The highest BCUT2D eigenvalue weighted by Crippen LogP contribution is 2.18. The van der Waals surface area contributed by atoms with Crippen molar-refractivity contribution in [3.63, 3.8) is 0 Å². The number of rotatable bonds is 7. The summed E-state index contributed by atoms with van der Waals surface area (Å²) in [6.07, 6.45) is 4.00. The zero-order valence-corrected chi connectivity index (χ0v) is 15.3. The number of allylic oxidation sites excluding steroid dienone is 1. The zero-order chi connectivity index (χ0) is 19.6. The molecule has 0 radical (unpaired) electrons. The first-order valence-electron chi connectivity index (χ1n) is 8.81. The molecule has 0 aliphatic carbocycles. The highest BCUT2D eigenvalue weighted by atomic mass is 16.5. The zero-order valence-electron chi connectivity index (χ0n) is 15.3. The van der Waals surface area contributed by atoms with E-state index in [1.165, 1.54) is 11.0 Å². The molecule has 1 N–H and O–H groups in total. The molecule has 0 saturated heterocycles. The molecule has 0 aliphatic rings. The number of ether oxygens (including phenoxy) is 1. The van der Waals surface area contributed by atoms with Gasteiger partial charge >= 0.3 is 0 Å². The van der Waals surface area contributed by atoms with Crippen molar-refractivity contribution in [2.75, 3.05) is 13.2 Å². The maximum Gasteiger partial charge on any atom is 0.274 e. The van der Waals surface area contributed by atoms with Gasteiger partial charge in [-0.3, -0.25) is 4.79 Å². The maximum atomic E-state index is 12.1. The predicted octanol–water partition coefficient (Wildman–Crippen LogP) is 2.81. The smallest absolute Gasteiger partial charge is 0.274 e. The molecule has 0 saturated carbocycles. The van der Waals surface area contributed by atoms with E-state index in [2.05, 4.69) is 33.9 Å². The van der Waals surface area contributed by atoms with Crippen LogP contribution in [0.4, 0.5) is 0 Å². The van der Waals surface area contributed by atoms with Gasteiger partial charge in [0.2, 0.25) is 0 Å². The van der Waals surface area contributed by atoms with Crippen molar-refractivity contribution in [3.8, 4) is 23.3 Å². The lowest BCUT2D eigenvalue weighted by Gasteiger charge is -2.07. The van der Waals surface area contributed by atoms with Crippen LogP contribution in [0.1, 0.15) is 16.1 Å². The van der Waals surface area contributed by atoms with E-state index < -0.39 is 0 Å². The van der Waals surface area contributed by atoms with Crippen molar-refractivity contribution in [2.45, 2.75) is 6.42 Å². The van der Waals surface area contributed by atoms with Crippen LogP contribution in [0.15, 0.2) is 73.4 Å². The first-order chi connectivity index (χ1) is 13.8. The molecule has 2 aromatic carbocycles. The van der Waals surface area contributed by atoms with Gasteiger partial charge in [0.1, 0.15) is 12.4 Å². The van der Waals surface area contributed by atoms with Gasteiger partial charge in [0.05, 0.1) is 18.4 Å². The van der Waals surface area contributed by atoms with Gasteiger partial charge in [-0.15, -0.1) is 11.7 Å². The van der Waals surface area contributed by atoms with Crippen molar-refractivity contribution in [1.29, 1.82) is 0 Å². The van der Waals surface area contributed by atoms with E-state index in [-0.39, 0.29) is 24.8 Å². The van der Waals surface area contributed by atoms with E-state index in [9.17, 15) is 4.79 Å². The molecule has 28 heavy (non-hydrogen) atoms. The monoisotopic (exact) mass is 372 g/mol. The number of hydrogen-bond acceptors (Lipinski definition) is 4. The predicted molar refractivity (Wildman–Crippen MR) is 107 cm³/mol. The molecule has 0 fully saturated rings. The van der Waals surface area contributed by atoms with Gasteiger partial charge in [0, 0.05) is 0 Å². The summed E-state index contributed by atoms with van der Waals surface area (Å²) in [5, 5.41) is 11.0. The summed E-state index contributed by atoms with van der Waals surface area (Å²) in [6, 6.07) is 17.2. The fourth-order valence-corrected chi connectivity index (χ4v) is 2.46. The summed E-state index contributed by atoms with van der Waals surface area (Å²) < 4.78 is 5.67. The standard InChI is InChI=1S/C22H20N4O2/c1-2-10-18-11-6-7-14-21(18)28-16-9-8-15-23-22(27)20-17-24-26(25-20)19-12-4-3-5-13-19/h2-7,11-14,17H,1,10,15-16H2,(H,23,27). The summed E-state index contributed by atoms with van der Waals surface area (Å²) in [5.74, 6) is 6.22. The molecular formula is C22H20N4O2. The number of carbonyl (C=O) groups is 1. The third kappa shape index (κ3) is 5.08. The van der Waals surface area contributed by atoms with Crippen LogP contribution in [0.2, 0.25) is 0 Å². The van der Waals surface area contributed by atoms with Crippen LogP contribution in [-0.2, 0) is 6.42 Å². The second-order valence-corrected chi connectivity index (χ2v) is 5.78. The minimum Gasteiger partial charge on any atom is -0.481 e. The average Bonchev–Trinajstić information content (AvgIpc) is 3.23. The van der Waals surface area contributed by atoms with Gasteiger partial charge in [0.25, 0.3) is 5.91 Å². The maximum absolute atomic E-state index is 12.1. The lowest BCUT2D eigenvalue weighted by molar-refractivity contribution is 0.0953. The largest absolute Gasteiger partial charge is 0.481 e. The number of hydrogen-bond donors (Lipinski definition) is 1. The Morgan fingerprint density at radius 1 is 1.14 bits per heavy atom. The van der Waals surface area contributed by atoms with Gasteiger partial charge in [-0.05, 0) is 30.2 Å². The fraction of sp³-hybridized carbons (Fsp3) is 0.136. The number of carbonyl (C=O) groups excluding carboxylic acids is 1. The quantitative estimate of drug-likeness (QED) is 0.511. The Kier molecular flexibility index (Phi) is 6.58. The third-order valence-electron chi connectivity index (χ3n) is 3.81. The Bertz CT molecular complexity index is 1000. The summed E-state index contributed by atoms with van der Waals surface area (Å²) in [6.45, 7) is 4.19. The van der Waals surface area contributed by atoms with E-state index in [1.54, 1.807) is 0 Å². The van der Waals surface area contributed by atoms with Crippen LogP contribution in [0.25, 0.3) is 5.69 Å². The number of nitrogens with zero attached hydrogens (tertiary/aromatic N) is 3. The van der Waals surface area contributed by atoms with Gasteiger partial charge < -0.3 is 10.1 Å². The second kappa shape index (κ2) is 9.74. The number of benzene rings is 2. The Hall–Kier alpha value is -3.85. The van der Waals surface area contributed by atoms with Crippen LogP contribution < -0.4 is 10.1 Å². The van der Waals surface area contributed by atoms with Gasteiger partial charge in [-0.1, -0.05) is 54.3 Å². The molecule has 0 unspecified atom stereocenters. The van der Waals surface area contributed by atoms with Gasteiger partial charge in [-0.25, -0.2) is 0 Å². The van der Waals surface area contributed by atoms with Crippen LogP contribution in [0, 0.1) is 11.8 Å². The van der Waals surface area contributed by atoms with E-state index in [1.807, 2.05) is 60.7 Å². The Labute approximate surface area is 163 Å². The topological polar surface area (TPSA) is 69.0 Å². The molecule has 1 amide bonds. The van der Waals surface area contributed by atoms with Crippen molar-refractivity contribution < 1.29 is 9.53 Å². The van der Waals surface area contributed by atoms with E-state index in [0.717, 1.165) is 23.4 Å². The van der Waals surface area contributed by atoms with Crippen molar-refractivity contribution in [3.05, 3.63) is 84.7 Å². The minimum atomic E-state index is -0.325. The first kappa shape index (κ1) is 18.9. The molecule has 140 valence electrons. The molecule has 0 spiro atoms. The molecule has 0 atom stereocenters. The normalized spacial score (nSPS) is 9.86. The lowest BCUT2D eigenvalue weighted by Crippen LogP contribution is -2.24. The van der Waals surface area contributed by atoms with E-state index in [4.69, 9.17) is 4.74 Å². The van der Waals surface area contributed by atoms with Crippen molar-refractivity contribution >= 4 is 5.91 Å². The summed E-state index contributed by atoms with van der Waals surface area (Å²) in [5.41, 5.74) is 2.09. The first-order valence-corrected chi connectivity index (χ1v) is 8.81. The molecule has 6 nitrogen and oxygen atoms in total. The fourth-order valence-electron chi connectivity index (χ4n) is 2.46. The summed E-state index contributed by atoms with van der Waals surface area (Å²) >= 11 is 0. The number of aromatic nitrogens is 3. The average molecular weight is 372 g/mol. The molecule has 3 aromatic rings. The SMILES string of the molecule is C=CCc1ccccc1OCC#CCNC(=O)c1cnn(-c2ccccc2)n1. The van der Waals surface area contributed by atoms with Crippen LogP contribution in [0.5, 0.6) is 5.75 Å². The molecule has 6 heteroatoms. The lowest BCUT2D eigenvalue weighted by atomic mass is 10.1. The second-order valence-electron chi connectivity index (χ2n) is 5.78. The summed E-state index contributed by atoms with van der Waals surface area (Å²) in [4.78, 5) is 13.5. The highest BCUT2D eigenvalue weighted by Gasteiger charge is 2.10. The Morgan fingerprint density at radius 2 is 1.93 bits per heavy atom. The van der Waals surface area contributed by atoms with Gasteiger partial charge in [0.15, 0.2) is 5.69 Å². The Morgan fingerprint density at radius 3 is 2.75 bits per heavy atom. The Balaban J connectivity index is 1.47. The number of nitrogens with one attached hydrogen (secondary N) is 1. The molecular weight excluding hydrogens is 352 g/mol. The van der Waals surface area contributed by atoms with Gasteiger partial charge in [-0.2, -0.15) is 9.90 Å². The van der Waals surface area contributed by atoms with E-state index >= 15 is 0 Å². The number of para-hydroxylation sites is 2. The van der Waals surface area contributed by atoms with Crippen LogP contribution in [0.3, 0.4) is 0 Å². The molecule has 3 rings (SSSR count). The van der Waals surface area contributed by atoms with Crippen LogP contribution >= 0.6 is 0 Å². The third-order valence-corrected chi connectivity index (χ3v) is 3.81. The molecule has 1 heterocycles. The van der Waals surface area contributed by atoms with Crippen molar-refractivity contribution in [1.82, 2.24) is 20.3 Å². The molecule has 0 bridgehead atoms. The van der Waals surface area contributed by atoms with Crippen molar-refractivity contribution in [2.24, 2.45) is 0 Å². The summed E-state index contributed by atoms with van der Waals surface area (Å²) in [7, 11) is 0. The molecule has 1 aromatic heterocycles. The highest BCUT2D eigenvalue weighted by molar-refractivity contribution is 5.92. The number of amides is 1. The minimum absolute atomic E-state index is 0.203. The van der Waals surface area contributed by atoms with E-state index in [0.29, 0.717) is 0 Å². The van der Waals surface area contributed by atoms with Crippen LogP contribution in [-0.4, -0.2) is 34.1 Å². The molecule has 0 aliphatic heterocycles.